The number of rotatable bonds is 8. The van der Waals surface area contributed by atoms with Crippen LogP contribution >= 0.6 is 11.3 Å². The smallest absolute Gasteiger partial charge is 0.341 e. The summed E-state index contributed by atoms with van der Waals surface area (Å²) < 4.78 is 31.1. The van der Waals surface area contributed by atoms with Gasteiger partial charge in [-0.15, -0.1) is 16.4 Å². The van der Waals surface area contributed by atoms with Crippen LogP contribution in [0, 0.1) is 0 Å². The highest BCUT2D eigenvalue weighted by Gasteiger charge is 2.28. The number of amides is 1. The maximum Gasteiger partial charge on any atom is 0.341 e. The zero-order valence-electron chi connectivity index (χ0n) is 18.3. The summed E-state index contributed by atoms with van der Waals surface area (Å²) in [6, 6.07) is 4.32. The maximum absolute atomic E-state index is 12.6. The Morgan fingerprint density at radius 3 is 2.79 bits per heavy atom. The lowest BCUT2D eigenvalue weighted by molar-refractivity contribution is -0.121. The number of nitrogens with zero attached hydrogens (tertiary/aromatic N) is 4. The molecule has 33 heavy (non-hydrogen) atoms. The number of carbonyl (C=O) groups excluding carboxylic acids is 2. The number of ether oxygens (including phenoxy) is 1. The Labute approximate surface area is 194 Å². The molecule has 1 aliphatic carbocycles. The minimum atomic E-state index is -3.66. The first-order valence-corrected chi connectivity index (χ1v) is 12.5. The summed E-state index contributed by atoms with van der Waals surface area (Å²) in [6.45, 7) is 1.55. The van der Waals surface area contributed by atoms with Crippen LogP contribution in [0.25, 0.3) is 11.0 Å². The average molecular weight is 494 g/mol. The molecule has 0 saturated carbocycles. The van der Waals surface area contributed by atoms with E-state index in [1.54, 1.807) is 6.92 Å². The second-order valence-corrected chi connectivity index (χ2v) is 10.8. The topological polar surface area (TPSA) is 133 Å². The van der Waals surface area contributed by atoms with Gasteiger partial charge in [-0.1, -0.05) is 4.85 Å². The number of hydrogen-bond acceptors (Lipinski definition) is 9. The molecule has 1 amide bonds. The van der Waals surface area contributed by atoms with Gasteiger partial charge < -0.3 is 14.9 Å². The van der Waals surface area contributed by atoms with E-state index in [0.29, 0.717) is 21.6 Å². The number of benzene rings is 1. The van der Waals surface area contributed by atoms with E-state index in [2.05, 4.69) is 15.6 Å². The molecule has 13 heteroatoms. The molecule has 1 N–H and O–H groups in total. The summed E-state index contributed by atoms with van der Waals surface area (Å²) in [5, 5.41) is 10.9. The van der Waals surface area contributed by atoms with E-state index in [9.17, 15) is 18.0 Å². The molecule has 0 atom stereocenters. The fourth-order valence-corrected chi connectivity index (χ4v) is 5.75. The number of nitrogens with one attached hydrogen (secondary N) is 1. The third kappa shape index (κ3) is 4.43. The predicted octanol–water partition coefficient (Wildman–Crippen LogP) is 1.48. The molecular weight excluding hydrogens is 470 g/mol. The van der Waals surface area contributed by atoms with Crippen LogP contribution < -0.4 is 10.2 Å². The monoisotopic (exact) mass is 493 g/mol. The van der Waals surface area contributed by atoms with Crippen molar-refractivity contribution in [1.82, 2.24) is 19.5 Å². The molecule has 0 radical (unpaired) electrons. The van der Waals surface area contributed by atoms with Crippen LogP contribution in [0.3, 0.4) is 0 Å². The highest BCUT2D eigenvalue weighted by atomic mass is 32.2. The standard InChI is InChI=1S/C20H23N5O6S2/c1-4-30-20(27)18-13-6-5-7-16(13)32-19(18)21-17(26)11-31-25-15-10-12(33(28,29)24(2)3)8-9-14(15)22-23-25/h8-10H,4-7,11H2,1-3H3,(H,21,26). The average Bonchev–Trinajstić information content (AvgIpc) is 3.46. The van der Waals surface area contributed by atoms with Crippen molar-refractivity contribution in [2.24, 2.45) is 0 Å². The summed E-state index contributed by atoms with van der Waals surface area (Å²) in [5.41, 5.74) is 2.06. The van der Waals surface area contributed by atoms with E-state index in [-0.39, 0.29) is 11.5 Å². The number of carbonyl (C=O) groups is 2. The molecule has 1 aliphatic rings. The molecule has 0 unspecified atom stereocenters. The lowest BCUT2D eigenvalue weighted by Gasteiger charge is -2.11. The molecule has 3 aromatic rings. The van der Waals surface area contributed by atoms with Gasteiger partial charge >= 0.3 is 5.97 Å². The van der Waals surface area contributed by atoms with E-state index < -0.39 is 28.5 Å². The Balaban J connectivity index is 1.51. The Kier molecular flexibility index (Phi) is 6.36. The van der Waals surface area contributed by atoms with Gasteiger partial charge in [-0.25, -0.2) is 17.5 Å². The van der Waals surface area contributed by atoms with Crippen molar-refractivity contribution in [2.75, 3.05) is 32.6 Å². The molecule has 4 rings (SSSR count). The molecule has 2 heterocycles. The Morgan fingerprint density at radius 1 is 1.27 bits per heavy atom. The van der Waals surface area contributed by atoms with Crippen LogP contribution in [0.2, 0.25) is 0 Å². The number of thiophene rings is 1. The van der Waals surface area contributed by atoms with Crippen molar-refractivity contribution in [1.29, 1.82) is 0 Å². The highest BCUT2D eigenvalue weighted by molar-refractivity contribution is 7.89. The first-order valence-electron chi connectivity index (χ1n) is 10.2. The normalized spacial score (nSPS) is 13.3. The number of anilines is 1. The van der Waals surface area contributed by atoms with Crippen LogP contribution in [-0.2, 0) is 32.4 Å². The summed E-state index contributed by atoms with van der Waals surface area (Å²) in [4.78, 5) is 32.6. The molecule has 0 saturated heterocycles. The minimum Gasteiger partial charge on any atom is -0.462 e. The molecule has 11 nitrogen and oxygen atoms in total. The number of aromatic nitrogens is 3. The second kappa shape index (κ2) is 9.08. The number of esters is 1. The Hall–Kier alpha value is -3.03. The zero-order valence-corrected chi connectivity index (χ0v) is 20.0. The van der Waals surface area contributed by atoms with Gasteiger partial charge in [0.1, 0.15) is 16.0 Å². The number of fused-ring (bicyclic) bond motifs is 2. The largest absolute Gasteiger partial charge is 0.462 e. The summed E-state index contributed by atoms with van der Waals surface area (Å²) in [5.74, 6) is -0.953. The van der Waals surface area contributed by atoms with Crippen molar-refractivity contribution in [3.05, 3.63) is 34.2 Å². The number of sulfonamides is 1. The van der Waals surface area contributed by atoms with Crippen LogP contribution in [-0.4, -0.2) is 67.1 Å². The van der Waals surface area contributed by atoms with Crippen molar-refractivity contribution in [3.8, 4) is 0 Å². The lowest BCUT2D eigenvalue weighted by Crippen LogP contribution is -2.26. The zero-order chi connectivity index (χ0) is 23.8. The van der Waals surface area contributed by atoms with Gasteiger partial charge in [0, 0.05) is 19.0 Å². The van der Waals surface area contributed by atoms with E-state index in [1.165, 1.54) is 43.6 Å². The minimum absolute atomic E-state index is 0.0452. The van der Waals surface area contributed by atoms with Crippen LogP contribution in [0.4, 0.5) is 5.00 Å². The van der Waals surface area contributed by atoms with Gasteiger partial charge in [0.2, 0.25) is 10.0 Å². The Bertz CT molecular complexity index is 1330. The molecular formula is C20H23N5O6S2. The maximum atomic E-state index is 12.6. The van der Waals surface area contributed by atoms with Gasteiger partial charge in [-0.05, 0) is 55.2 Å². The van der Waals surface area contributed by atoms with E-state index in [1.807, 2.05) is 0 Å². The van der Waals surface area contributed by atoms with Gasteiger partial charge in [-0.2, -0.15) is 0 Å². The quantitative estimate of drug-likeness (QED) is 0.467. The number of aryl methyl sites for hydroxylation is 1. The Morgan fingerprint density at radius 2 is 2.06 bits per heavy atom. The molecule has 2 aromatic heterocycles. The van der Waals surface area contributed by atoms with Gasteiger partial charge in [0.15, 0.2) is 6.61 Å². The van der Waals surface area contributed by atoms with Crippen molar-refractivity contribution in [2.45, 2.75) is 31.1 Å². The lowest BCUT2D eigenvalue weighted by atomic mass is 10.1. The molecule has 0 bridgehead atoms. The van der Waals surface area contributed by atoms with E-state index in [0.717, 1.165) is 38.9 Å². The van der Waals surface area contributed by atoms with Crippen LogP contribution in [0.15, 0.2) is 23.1 Å². The fourth-order valence-electron chi connectivity index (χ4n) is 3.54. The van der Waals surface area contributed by atoms with Gasteiger partial charge in [0.05, 0.1) is 17.1 Å². The van der Waals surface area contributed by atoms with Gasteiger partial charge in [0.25, 0.3) is 5.91 Å². The second-order valence-electron chi connectivity index (χ2n) is 7.50. The molecule has 0 fully saturated rings. The van der Waals surface area contributed by atoms with Gasteiger partial charge in [-0.3, -0.25) is 4.79 Å². The van der Waals surface area contributed by atoms with E-state index >= 15 is 0 Å². The third-order valence-corrected chi connectivity index (χ3v) is 8.16. The SMILES string of the molecule is CCOC(=O)c1c(NC(=O)COn2nnc3ccc(S(=O)(=O)N(C)C)cc32)sc2c1CCC2. The van der Waals surface area contributed by atoms with Crippen LogP contribution in [0.5, 0.6) is 0 Å². The fraction of sp³-hybridized carbons (Fsp3) is 0.400. The molecule has 1 aromatic carbocycles. The third-order valence-electron chi connectivity index (χ3n) is 5.14. The van der Waals surface area contributed by atoms with E-state index in [4.69, 9.17) is 9.57 Å². The van der Waals surface area contributed by atoms with Crippen molar-refractivity contribution >= 4 is 49.3 Å². The highest BCUT2D eigenvalue weighted by Crippen LogP contribution is 2.39. The summed E-state index contributed by atoms with van der Waals surface area (Å²) >= 11 is 1.37. The molecule has 176 valence electrons. The van der Waals surface area contributed by atoms with Crippen molar-refractivity contribution < 1.29 is 27.6 Å². The summed E-state index contributed by atoms with van der Waals surface area (Å²) in [6.07, 6.45) is 2.60. The van der Waals surface area contributed by atoms with Crippen molar-refractivity contribution in [3.63, 3.8) is 0 Å². The summed E-state index contributed by atoms with van der Waals surface area (Å²) in [7, 11) is -0.801. The first kappa shape index (κ1) is 23.1. The molecule has 0 aliphatic heterocycles. The predicted molar refractivity (Wildman–Crippen MR) is 121 cm³/mol. The molecule has 0 spiro atoms. The first-order chi connectivity index (χ1) is 15.7. The van der Waals surface area contributed by atoms with Crippen LogP contribution in [0.1, 0.15) is 34.1 Å². The number of hydrogen-bond donors (Lipinski definition) is 1.